The molecule has 0 bridgehead atoms. The zero-order chi connectivity index (χ0) is 16.9. The van der Waals surface area contributed by atoms with Crippen molar-refractivity contribution < 1.29 is 9.90 Å². The summed E-state index contributed by atoms with van der Waals surface area (Å²) in [5.74, 6) is -0.814. The first-order valence-electron chi connectivity index (χ1n) is 7.62. The lowest BCUT2D eigenvalue weighted by molar-refractivity contribution is -0.138. The van der Waals surface area contributed by atoms with Crippen LogP contribution in [-0.4, -0.2) is 26.0 Å². The summed E-state index contributed by atoms with van der Waals surface area (Å²) in [6, 6.07) is 13.4. The van der Waals surface area contributed by atoms with E-state index in [9.17, 15) is 9.90 Å². The van der Waals surface area contributed by atoms with E-state index < -0.39 is 11.9 Å². The number of carbonyl (C=O) groups is 1. The molecule has 0 saturated carbocycles. The van der Waals surface area contributed by atoms with E-state index in [0.717, 1.165) is 16.8 Å². The Bertz CT molecular complexity index is 813. The molecule has 3 aromatic rings. The average Bonchev–Trinajstić information content (AvgIpc) is 3.03. The van der Waals surface area contributed by atoms with Crippen molar-refractivity contribution >= 4 is 11.8 Å². The van der Waals surface area contributed by atoms with E-state index in [-0.39, 0.29) is 0 Å². The standard InChI is InChI=1S/C18H18N4O2/c19-16-7-6-13(10-20-16)9-15(18(23)24)17-21-11-14(22-17)8-12-4-2-1-3-5-12/h1-7,10-11,15H,8-9H2,(H2,19,20)(H,21,22)(H,23,24). The molecule has 0 aliphatic carbocycles. The molecule has 0 amide bonds. The van der Waals surface area contributed by atoms with Gasteiger partial charge in [-0.3, -0.25) is 4.79 Å². The Morgan fingerprint density at radius 3 is 2.54 bits per heavy atom. The molecule has 24 heavy (non-hydrogen) atoms. The number of aromatic nitrogens is 3. The second-order valence-corrected chi connectivity index (χ2v) is 5.64. The van der Waals surface area contributed by atoms with Crippen molar-refractivity contribution in [2.45, 2.75) is 18.8 Å². The number of carboxylic acids is 1. The van der Waals surface area contributed by atoms with Gasteiger partial charge in [-0.2, -0.15) is 0 Å². The molecule has 1 unspecified atom stereocenters. The Kier molecular flexibility index (Phi) is 4.56. The molecule has 0 fully saturated rings. The molecule has 1 atom stereocenters. The van der Waals surface area contributed by atoms with Crippen LogP contribution in [0.15, 0.2) is 54.9 Å². The molecule has 0 radical (unpaired) electrons. The average molecular weight is 322 g/mol. The normalized spacial score (nSPS) is 12.0. The maximum atomic E-state index is 11.6. The number of benzene rings is 1. The summed E-state index contributed by atoms with van der Waals surface area (Å²) in [6.07, 6.45) is 4.28. The fraction of sp³-hybridized carbons (Fsp3) is 0.167. The fourth-order valence-electron chi connectivity index (χ4n) is 2.55. The van der Waals surface area contributed by atoms with E-state index in [1.165, 1.54) is 0 Å². The molecule has 6 nitrogen and oxygen atoms in total. The highest BCUT2D eigenvalue weighted by Crippen LogP contribution is 2.20. The molecular weight excluding hydrogens is 304 g/mol. The molecule has 2 heterocycles. The molecule has 6 heteroatoms. The third kappa shape index (κ3) is 3.78. The van der Waals surface area contributed by atoms with Crippen molar-refractivity contribution in [3.8, 4) is 0 Å². The van der Waals surface area contributed by atoms with E-state index in [4.69, 9.17) is 5.73 Å². The number of rotatable bonds is 6. The van der Waals surface area contributed by atoms with Crippen molar-refractivity contribution in [3.05, 3.63) is 77.5 Å². The van der Waals surface area contributed by atoms with Crippen molar-refractivity contribution in [2.24, 2.45) is 0 Å². The molecule has 0 spiro atoms. The van der Waals surface area contributed by atoms with Crippen molar-refractivity contribution in [1.29, 1.82) is 0 Å². The minimum Gasteiger partial charge on any atom is -0.481 e. The first-order chi connectivity index (χ1) is 11.6. The Morgan fingerprint density at radius 2 is 1.88 bits per heavy atom. The van der Waals surface area contributed by atoms with Crippen LogP contribution in [0.4, 0.5) is 5.82 Å². The van der Waals surface area contributed by atoms with Gasteiger partial charge in [-0.25, -0.2) is 9.97 Å². The summed E-state index contributed by atoms with van der Waals surface area (Å²) < 4.78 is 0. The fourth-order valence-corrected chi connectivity index (χ4v) is 2.55. The van der Waals surface area contributed by atoms with E-state index >= 15 is 0 Å². The molecular formula is C18H18N4O2. The van der Waals surface area contributed by atoms with E-state index in [0.29, 0.717) is 24.5 Å². The zero-order valence-corrected chi connectivity index (χ0v) is 13.0. The summed E-state index contributed by atoms with van der Waals surface area (Å²) in [4.78, 5) is 23.0. The first kappa shape index (κ1) is 15.7. The minimum atomic E-state index is -0.924. The number of pyridine rings is 1. The van der Waals surface area contributed by atoms with Gasteiger partial charge in [0.15, 0.2) is 0 Å². The topological polar surface area (TPSA) is 105 Å². The highest BCUT2D eigenvalue weighted by Gasteiger charge is 2.23. The number of nitrogens with two attached hydrogens (primary N) is 1. The van der Waals surface area contributed by atoms with Crippen LogP contribution in [0.2, 0.25) is 0 Å². The number of nitrogen functional groups attached to an aromatic ring is 1. The lowest BCUT2D eigenvalue weighted by Gasteiger charge is -2.10. The number of imidazole rings is 1. The van der Waals surface area contributed by atoms with Gasteiger partial charge in [0.1, 0.15) is 17.6 Å². The molecule has 122 valence electrons. The second-order valence-electron chi connectivity index (χ2n) is 5.64. The van der Waals surface area contributed by atoms with Gasteiger partial charge in [-0.1, -0.05) is 36.4 Å². The Labute approximate surface area is 139 Å². The molecule has 2 aromatic heterocycles. The van der Waals surface area contributed by atoms with Crippen LogP contribution in [0.25, 0.3) is 0 Å². The Hall–Kier alpha value is -3.15. The van der Waals surface area contributed by atoms with Crippen LogP contribution in [0.1, 0.15) is 28.6 Å². The molecule has 3 rings (SSSR count). The number of aliphatic carboxylic acids is 1. The predicted octanol–water partition coefficient (Wildman–Crippen LogP) is 2.39. The Balaban J connectivity index is 1.77. The molecule has 0 aliphatic heterocycles. The second kappa shape index (κ2) is 6.95. The van der Waals surface area contributed by atoms with Crippen LogP contribution >= 0.6 is 0 Å². The number of nitrogens with zero attached hydrogens (tertiary/aromatic N) is 2. The van der Waals surface area contributed by atoms with Crippen LogP contribution in [0.3, 0.4) is 0 Å². The number of carboxylic acid groups (broad SMARTS) is 1. The number of hydrogen-bond donors (Lipinski definition) is 3. The lowest BCUT2D eigenvalue weighted by Crippen LogP contribution is -2.16. The van der Waals surface area contributed by atoms with Gasteiger partial charge in [0.05, 0.1) is 0 Å². The molecule has 4 N–H and O–H groups in total. The smallest absolute Gasteiger partial charge is 0.314 e. The monoisotopic (exact) mass is 322 g/mol. The summed E-state index contributed by atoms with van der Waals surface area (Å²) in [6.45, 7) is 0. The highest BCUT2D eigenvalue weighted by molar-refractivity contribution is 5.75. The number of nitrogens with one attached hydrogen (secondary N) is 1. The Morgan fingerprint density at radius 1 is 1.08 bits per heavy atom. The van der Waals surface area contributed by atoms with Gasteiger partial charge in [0.2, 0.25) is 0 Å². The highest BCUT2D eigenvalue weighted by atomic mass is 16.4. The first-order valence-corrected chi connectivity index (χ1v) is 7.62. The van der Waals surface area contributed by atoms with Crippen molar-refractivity contribution in [3.63, 3.8) is 0 Å². The van der Waals surface area contributed by atoms with E-state index in [2.05, 4.69) is 15.0 Å². The van der Waals surface area contributed by atoms with Crippen LogP contribution in [0.5, 0.6) is 0 Å². The third-order valence-electron chi connectivity index (χ3n) is 3.80. The SMILES string of the molecule is Nc1ccc(CC(C(=O)O)c2ncc(Cc3ccccc3)[nH]2)cn1. The molecule has 1 aromatic carbocycles. The van der Waals surface area contributed by atoms with Crippen LogP contribution in [-0.2, 0) is 17.6 Å². The summed E-state index contributed by atoms with van der Waals surface area (Å²) >= 11 is 0. The van der Waals surface area contributed by atoms with Gasteiger partial charge < -0.3 is 15.8 Å². The van der Waals surface area contributed by atoms with Crippen LogP contribution in [0, 0.1) is 0 Å². The number of hydrogen-bond acceptors (Lipinski definition) is 4. The van der Waals surface area contributed by atoms with Gasteiger partial charge in [0, 0.05) is 24.5 Å². The van der Waals surface area contributed by atoms with Gasteiger partial charge in [-0.15, -0.1) is 0 Å². The van der Waals surface area contributed by atoms with E-state index in [1.807, 2.05) is 30.3 Å². The third-order valence-corrected chi connectivity index (χ3v) is 3.80. The number of aromatic amines is 1. The molecule has 0 aliphatic rings. The quantitative estimate of drug-likeness (QED) is 0.646. The largest absolute Gasteiger partial charge is 0.481 e. The van der Waals surface area contributed by atoms with Gasteiger partial charge >= 0.3 is 5.97 Å². The predicted molar refractivity (Wildman–Crippen MR) is 90.6 cm³/mol. The van der Waals surface area contributed by atoms with E-state index in [1.54, 1.807) is 24.5 Å². The van der Waals surface area contributed by atoms with Crippen molar-refractivity contribution in [2.75, 3.05) is 5.73 Å². The minimum absolute atomic E-state index is 0.306. The maximum Gasteiger partial charge on any atom is 0.314 e. The summed E-state index contributed by atoms with van der Waals surface area (Å²) in [7, 11) is 0. The van der Waals surface area contributed by atoms with Gasteiger partial charge in [0.25, 0.3) is 0 Å². The number of H-pyrrole nitrogens is 1. The van der Waals surface area contributed by atoms with Crippen molar-refractivity contribution in [1.82, 2.24) is 15.0 Å². The summed E-state index contributed by atoms with van der Waals surface area (Å²) in [5, 5.41) is 9.54. The molecule has 0 saturated heterocycles. The summed E-state index contributed by atoms with van der Waals surface area (Å²) in [5.41, 5.74) is 8.39. The maximum absolute atomic E-state index is 11.6. The number of anilines is 1. The van der Waals surface area contributed by atoms with Gasteiger partial charge in [-0.05, 0) is 23.6 Å². The van der Waals surface area contributed by atoms with Crippen LogP contribution < -0.4 is 5.73 Å². The zero-order valence-electron chi connectivity index (χ0n) is 13.0. The lowest BCUT2D eigenvalue weighted by atomic mass is 10.00.